The van der Waals surface area contributed by atoms with Gasteiger partial charge >= 0.3 is 0 Å². The highest BCUT2D eigenvalue weighted by atomic mass is 14.5. The van der Waals surface area contributed by atoms with E-state index in [0.29, 0.717) is 10.8 Å². The summed E-state index contributed by atoms with van der Waals surface area (Å²) in [6.45, 7) is 16.4. The zero-order valence-electron chi connectivity index (χ0n) is 20.4. The third-order valence-corrected chi connectivity index (χ3v) is 8.73. The highest BCUT2D eigenvalue weighted by molar-refractivity contribution is 5.29. The van der Waals surface area contributed by atoms with Crippen LogP contribution in [0, 0.1) is 45.8 Å². The monoisotopic (exact) mass is 407 g/mol. The maximum atomic E-state index is 9.39. The molecular formula is C29H45N. The Bertz CT molecular complexity index is 724. The zero-order valence-corrected chi connectivity index (χ0v) is 20.4. The molecule has 0 aromatic heterocycles. The highest BCUT2D eigenvalue weighted by Crippen LogP contribution is 2.60. The van der Waals surface area contributed by atoms with Crippen LogP contribution in [0.2, 0.25) is 0 Å². The van der Waals surface area contributed by atoms with Crippen molar-refractivity contribution in [2.75, 3.05) is 0 Å². The number of hydrogen-bond donors (Lipinski definition) is 0. The van der Waals surface area contributed by atoms with Crippen LogP contribution in [-0.2, 0) is 0 Å². The summed E-state index contributed by atoms with van der Waals surface area (Å²) in [5.41, 5.74) is 5.26. The van der Waals surface area contributed by atoms with E-state index < -0.39 is 0 Å². The molecule has 5 unspecified atom stereocenters. The SMILES string of the molecule is C=C1CC/C(=C/C=C2\CCCC3(C)C2CCC3C(C)CCCC(C)(C)C)CC1C#N. The summed E-state index contributed by atoms with van der Waals surface area (Å²) < 4.78 is 0. The van der Waals surface area contributed by atoms with Gasteiger partial charge in [0.05, 0.1) is 12.0 Å². The second-order valence-electron chi connectivity index (χ2n) is 12.1. The van der Waals surface area contributed by atoms with Crippen molar-refractivity contribution in [1.82, 2.24) is 0 Å². The number of allylic oxidation sites excluding steroid dienone is 5. The Morgan fingerprint density at radius 1 is 1.20 bits per heavy atom. The van der Waals surface area contributed by atoms with Crippen LogP contribution in [0.25, 0.3) is 0 Å². The van der Waals surface area contributed by atoms with E-state index in [1.165, 1.54) is 56.9 Å². The lowest BCUT2D eigenvalue weighted by atomic mass is 9.60. The summed E-state index contributed by atoms with van der Waals surface area (Å²) in [6.07, 6.45) is 18.8. The Balaban J connectivity index is 1.67. The number of nitrogens with zero attached hydrogens (tertiary/aromatic N) is 1. The molecule has 0 bridgehead atoms. The second-order valence-corrected chi connectivity index (χ2v) is 12.1. The molecule has 0 N–H and O–H groups in total. The fourth-order valence-electron chi connectivity index (χ4n) is 6.89. The van der Waals surface area contributed by atoms with Crippen LogP contribution in [0.1, 0.15) is 105 Å². The van der Waals surface area contributed by atoms with E-state index in [0.717, 1.165) is 42.6 Å². The van der Waals surface area contributed by atoms with Crippen LogP contribution in [-0.4, -0.2) is 0 Å². The maximum absolute atomic E-state index is 9.39. The predicted octanol–water partition coefficient (Wildman–Crippen LogP) is 8.79. The van der Waals surface area contributed by atoms with Gasteiger partial charge in [-0.15, -0.1) is 0 Å². The Hall–Kier alpha value is -1.29. The summed E-state index contributed by atoms with van der Waals surface area (Å²) in [5.74, 6) is 2.55. The first kappa shape index (κ1) is 23.4. The molecule has 0 spiro atoms. The molecule has 0 saturated heterocycles. The minimum absolute atomic E-state index is 0.0323. The van der Waals surface area contributed by atoms with Gasteiger partial charge in [-0.1, -0.05) is 82.9 Å². The molecule has 0 heterocycles. The van der Waals surface area contributed by atoms with Gasteiger partial charge in [0.25, 0.3) is 0 Å². The van der Waals surface area contributed by atoms with E-state index in [1.807, 2.05) is 0 Å². The topological polar surface area (TPSA) is 23.8 Å². The summed E-state index contributed by atoms with van der Waals surface area (Å²) in [4.78, 5) is 0. The Labute approximate surface area is 186 Å². The molecule has 1 nitrogen and oxygen atoms in total. The smallest absolute Gasteiger partial charge is 0.0707 e. The van der Waals surface area contributed by atoms with Crippen molar-refractivity contribution in [3.8, 4) is 6.07 Å². The largest absolute Gasteiger partial charge is 0.198 e. The van der Waals surface area contributed by atoms with Gasteiger partial charge < -0.3 is 0 Å². The second kappa shape index (κ2) is 9.46. The molecule has 3 aliphatic carbocycles. The lowest BCUT2D eigenvalue weighted by molar-refractivity contribution is 0.0920. The van der Waals surface area contributed by atoms with Crippen LogP contribution in [0.15, 0.2) is 35.5 Å². The molecule has 3 rings (SSSR count). The average molecular weight is 408 g/mol. The maximum Gasteiger partial charge on any atom is 0.0707 e. The molecule has 3 fully saturated rings. The van der Waals surface area contributed by atoms with Crippen molar-refractivity contribution in [1.29, 1.82) is 5.26 Å². The third-order valence-electron chi connectivity index (χ3n) is 8.73. The zero-order chi connectivity index (χ0) is 21.9. The fraction of sp³-hybridized carbons (Fsp3) is 0.759. The normalized spacial score (nSPS) is 36.0. The Morgan fingerprint density at radius 3 is 2.67 bits per heavy atom. The van der Waals surface area contributed by atoms with Gasteiger partial charge in [-0.25, -0.2) is 0 Å². The van der Waals surface area contributed by atoms with Crippen molar-refractivity contribution in [3.63, 3.8) is 0 Å². The molecule has 166 valence electrons. The quantitative estimate of drug-likeness (QED) is 0.418. The first-order chi connectivity index (χ1) is 14.1. The summed E-state index contributed by atoms with van der Waals surface area (Å²) in [6, 6.07) is 2.45. The van der Waals surface area contributed by atoms with E-state index in [-0.39, 0.29) is 5.92 Å². The van der Waals surface area contributed by atoms with Crippen molar-refractivity contribution in [3.05, 3.63) is 35.5 Å². The van der Waals surface area contributed by atoms with Gasteiger partial charge in [0.1, 0.15) is 0 Å². The molecule has 0 amide bonds. The molecule has 0 aromatic carbocycles. The fourth-order valence-corrected chi connectivity index (χ4v) is 6.89. The minimum Gasteiger partial charge on any atom is -0.198 e. The summed E-state index contributed by atoms with van der Waals surface area (Å²) in [5, 5.41) is 9.39. The molecular weight excluding hydrogens is 362 g/mol. The third kappa shape index (κ3) is 5.30. The first-order valence-corrected chi connectivity index (χ1v) is 12.6. The highest BCUT2D eigenvalue weighted by Gasteiger charge is 2.50. The van der Waals surface area contributed by atoms with Crippen LogP contribution < -0.4 is 0 Å². The van der Waals surface area contributed by atoms with Crippen molar-refractivity contribution in [2.24, 2.45) is 34.5 Å². The van der Waals surface area contributed by atoms with E-state index in [2.05, 4.69) is 59.4 Å². The number of nitriles is 1. The van der Waals surface area contributed by atoms with Crippen LogP contribution in [0.5, 0.6) is 0 Å². The van der Waals surface area contributed by atoms with Crippen LogP contribution in [0.4, 0.5) is 0 Å². The molecule has 3 saturated carbocycles. The number of hydrogen-bond acceptors (Lipinski definition) is 1. The van der Waals surface area contributed by atoms with E-state index >= 15 is 0 Å². The summed E-state index contributed by atoms with van der Waals surface area (Å²) >= 11 is 0. The number of fused-ring (bicyclic) bond motifs is 1. The van der Waals surface area contributed by atoms with Gasteiger partial charge in [0.15, 0.2) is 0 Å². The van der Waals surface area contributed by atoms with Gasteiger partial charge in [-0.3, -0.25) is 0 Å². The number of rotatable bonds is 5. The van der Waals surface area contributed by atoms with Gasteiger partial charge in [0.2, 0.25) is 0 Å². The molecule has 5 atom stereocenters. The molecule has 0 radical (unpaired) electrons. The van der Waals surface area contributed by atoms with Crippen LogP contribution >= 0.6 is 0 Å². The lowest BCUT2D eigenvalue weighted by Gasteiger charge is -2.44. The Kier molecular flexibility index (Phi) is 7.37. The molecule has 1 heteroatoms. The van der Waals surface area contributed by atoms with Crippen molar-refractivity contribution in [2.45, 2.75) is 105 Å². The van der Waals surface area contributed by atoms with Crippen molar-refractivity contribution >= 4 is 0 Å². The van der Waals surface area contributed by atoms with Gasteiger partial charge in [-0.05, 0) is 86.4 Å². The molecule has 0 aromatic rings. The average Bonchev–Trinajstić information content (AvgIpc) is 3.03. The van der Waals surface area contributed by atoms with Crippen LogP contribution in [0.3, 0.4) is 0 Å². The predicted molar refractivity (Wildman–Crippen MR) is 129 cm³/mol. The van der Waals surface area contributed by atoms with E-state index in [4.69, 9.17) is 0 Å². The first-order valence-electron chi connectivity index (χ1n) is 12.6. The lowest BCUT2D eigenvalue weighted by Crippen LogP contribution is -2.36. The molecule has 3 aliphatic rings. The summed E-state index contributed by atoms with van der Waals surface area (Å²) in [7, 11) is 0. The van der Waals surface area contributed by atoms with E-state index in [9.17, 15) is 5.26 Å². The molecule has 30 heavy (non-hydrogen) atoms. The standard InChI is InChI=1S/C29H45N/c1-21-11-12-23(19-25(21)20-30)13-14-24-10-8-18-29(6)26(15-16-27(24)29)22(2)9-7-17-28(3,4)5/h13-14,22,25-27H,1,7-12,15-19H2,2-6H3/b23-13-,24-14+. The minimum atomic E-state index is 0.0323. The Morgan fingerprint density at radius 2 is 1.97 bits per heavy atom. The van der Waals surface area contributed by atoms with Gasteiger partial charge in [0, 0.05) is 0 Å². The van der Waals surface area contributed by atoms with Gasteiger partial charge in [-0.2, -0.15) is 5.26 Å². The van der Waals surface area contributed by atoms with Crippen molar-refractivity contribution < 1.29 is 0 Å². The molecule has 0 aliphatic heterocycles. The van der Waals surface area contributed by atoms with E-state index in [1.54, 1.807) is 5.57 Å².